The van der Waals surface area contributed by atoms with Crippen molar-refractivity contribution < 1.29 is 14.6 Å². The topological polar surface area (TPSA) is 75.1 Å². The number of unbranched alkanes of at least 4 members (excludes halogenated alkanes) is 2. The SMILES string of the molecule is CCCCCNC(=NCc1cc(OC)c(O)c(OC)c1)NCC. The maximum atomic E-state index is 9.93. The molecule has 0 unspecified atom stereocenters. The molecule has 0 aliphatic heterocycles. The van der Waals surface area contributed by atoms with Gasteiger partial charge in [0.05, 0.1) is 20.8 Å². The molecular weight excluding hydrogens is 294 g/mol. The normalized spacial score (nSPS) is 11.2. The van der Waals surface area contributed by atoms with Crippen molar-refractivity contribution in [2.75, 3.05) is 27.3 Å². The van der Waals surface area contributed by atoms with Gasteiger partial charge in [-0.1, -0.05) is 19.8 Å². The number of methoxy groups -OCH3 is 2. The fourth-order valence-electron chi connectivity index (χ4n) is 2.13. The molecule has 0 atom stereocenters. The van der Waals surface area contributed by atoms with Crippen LogP contribution < -0.4 is 20.1 Å². The number of hydrogen-bond donors (Lipinski definition) is 3. The van der Waals surface area contributed by atoms with Gasteiger partial charge in [0, 0.05) is 13.1 Å². The third-order valence-corrected chi connectivity index (χ3v) is 3.38. The van der Waals surface area contributed by atoms with Crippen molar-refractivity contribution in [2.45, 2.75) is 39.7 Å². The molecular formula is C17H29N3O3. The van der Waals surface area contributed by atoms with E-state index in [1.807, 2.05) is 6.92 Å². The predicted molar refractivity (Wildman–Crippen MR) is 93.6 cm³/mol. The lowest BCUT2D eigenvalue weighted by Gasteiger charge is -2.12. The molecule has 0 aliphatic rings. The highest BCUT2D eigenvalue weighted by molar-refractivity contribution is 5.79. The number of aliphatic imine (C=N–C) groups is 1. The van der Waals surface area contributed by atoms with Gasteiger partial charge in [0.1, 0.15) is 0 Å². The molecule has 0 saturated heterocycles. The van der Waals surface area contributed by atoms with Gasteiger partial charge < -0.3 is 25.2 Å². The molecule has 0 fully saturated rings. The van der Waals surface area contributed by atoms with Crippen LogP contribution in [0.25, 0.3) is 0 Å². The Kier molecular flexibility index (Phi) is 8.72. The summed E-state index contributed by atoms with van der Waals surface area (Å²) >= 11 is 0. The highest BCUT2D eigenvalue weighted by Crippen LogP contribution is 2.37. The summed E-state index contributed by atoms with van der Waals surface area (Å²) < 4.78 is 10.3. The molecule has 0 radical (unpaired) electrons. The number of nitrogens with zero attached hydrogens (tertiary/aromatic N) is 1. The first-order chi connectivity index (χ1) is 11.2. The highest BCUT2D eigenvalue weighted by atomic mass is 16.5. The van der Waals surface area contributed by atoms with Gasteiger partial charge in [-0.2, -0.15) is 0 Å². The zero-order valence-corrected chi connectivity index (χ0v) is 14.6. The minimum Gasteiger partial charge on any atom is -0.502 e. The Bertz CT molecular complexity index is 479. The molecule has 0 heterocycles. The Hall–Kier alpha value is -2.11. The van der Waals surface area contributed by atoms with Crippen LogP contribution in [0.2, 0.25) is 0 Å². The summed E-state index contributed by atoms with van der Waals surface area (Å²) in [5.41, 5.74) is 0.905. The van der Waals surface area contributed by atoms with Crippen LogP contribution in [-0.4, -0.2) is 38.4 Å². The molecule has 1 rings (SSSR count). The second-order valence-electron chi connectivity index (χ2n) is 5.18. The monoisotopic (exact) mass is 323 g/mol. The van der Waals surface area contributed by atoms with Crippen LogP contribution in [0.1, 0.15) is 38.7 Å². The average molecular weight is 323 g/mol. The first-order valence-corrected chi connectivity index (χ1v) is 8.12. The molecule has 1 aromatic rings. The minimum absolute atomic E-state index is 0.00678. The molecule has 6 heteroatoms. The van der Waals surface area contributed by atoms with Crippen LogP contribution in [0.15, 0.2) is 17.1 Å². The summed E-state index contributed by atoms with van der Waals surface area (Å²) in [6, 6.07) is 3.53. The van der Waals surface area contributed by atoms with Crippen molar-refractivity contribution in [2.24, 2.45) is 4.99 Å². The number of guanidine groups is 1. The molecule has 130 valence electrons. The first kappa shape index (κ1) is 18.9. The summed E-state index contributed by atoms with van der Waals surface area (Å²) in [4.78, 5) is 4.56. The van der Waals surface area contributed by atoms with E-state index in [-0.39, 0.29) is 5.75 Å². The Labute approximate surface area is 138 Å². The third-order valence-electron chi connectivity index (χ3n) is 3.38. The first-order valence-electron chi connectivity index (χ1n) is 8.12. The Morgan fingerprint density at radius 1 is 1.09 bits per heavy atom. The molecule has 23 heavy (non-hydrogen) atoms. The van der Waals surface area contributed by atoms with Gasteiger partial charge in [0.25, 0.3) is 0 Å². The van der Waals surface area contributed by atoms with E-state index >= 15 is 0 Å². The van der Waals surface area contributed by atoms with Gasteiger partial charge in [0.15, 0.2) is 17.5 Å². The number of benzene rings is 1. The minimum atomic E-state index is 0.00678. The maximum Gasteiger partial charge on any atom is 0.200 e. The summed E-state index contributed by atoms with van der Waals surface area (Å²) in [5, 5.41) is 16.5. The fraction of sp³-hybridized carbons (Fsp3) is 0.588. The highest BCUT2D eigenvalue weighted by Gasteiger charge is 2.11. The van der Waals surface area contributed by atoms with Crippen LogP contribution in [-0.2, 0) is 6.54 Å². The van der Waals surface area contributed by atoms with Crippen molar-refractivity contribution in [1.29, 1.82) is 0 Å². The zero-order valence-electron chi connectivity index (χ0n) is 14.6. The standard InChI is InChI=1S/C17H29N3O3/c1-5-7-8-9-19-17(18-6-2)20-12-13-10-14(22-3)16(21)15(11-13)23-4/h10-11,21H,5-9,12H2,1-4H3,(H2,18,19,20). The molecule has 3 N–H and O–H groups in total. The Morgan fingerprint density at radius 3 is 2.26 bits per heavy atom. The summed E-state index contributed by atoms with van der Waals surface area (Å²) in [7, 11) is 3.03. The van der Waals surface area contributed by atoms with Crippen molar-refractivity contribution >= 4 is 5.96 Å². The van der Waals surface area contributed by atoms with E-state index in [2.05, 4.69) is 22.5 Å². The zero-order chi connectivity index (χ0) is 17.1. The number of aromatic hydroxyl groups is 1. The predicted octanol–water partition coefficient (Wildman–Crippen LogP) is 2.65. The Morgan fingerprint density at radius 2 is 1.74 bits per heavy atom. The average Bonchev–Trinajstić information content (AvgIpc) is 2.57. The number of nitrogens with one attached hydrogen (secondary N) is 2. The van der Waals surface area contributed by atoms with Crippen LogP contribution in [0, 0.1) is 0 Å². The van der Waals surface area contributed by atoms with Crippen molar-refractivity contribution in [3.63, 3.8) is 0 Å². The smallest absolute Gasteiger partial charge is 0.200 e. The maximum absolute atomic E-state index is 9.93. The van der Waals surface area contributed by atoms with E-state index in [4.69, 9.17) is 9.47 Å². The van der Waals surface area contributed by atoms with Crippen molar-refractivity contribution in [1.82, 2.24) is 10.6 Å². The largest absolute Gasteiger partial charge is 0.502 e. The van der Waals surface area contributed by atoms with Gasteiger partial charge in [-0.15, -0.1) is 0 Å². The van der Waals surface area contributed by atoms with E-state index in [0.717, 1.165) is 31.0 Å². The summed E-state index contributed by atoms with van der Waals surface area (Å²) in [5.74, 6) is 1.56. The van der Waals surface area contributed by atoms with Crippen LogP contribution in [0.5, 0.6) is 17.2 Å². The Balaban J connectivity index is 2.77. The lowest BCUT2D eigenvalue weighted by Crippen LogP contribution is -2.37. The molecule has 6 nitrogen and oxygen atoms in total. The molecule has 1 aromatic carbocycles. The van der Waals surface area contributed by atoms with Gasteiger partial charge in [-0.3, -0.25) is 0 Å². The summed E-state index contributed by atoms with van der Waals surface area (Å²) in [6.07, 6.45) is 3.53. The van der Waals surface area contributed by atoms with Gasteiger partial charge in [-0.25, -0.2) is 4.99 Å². The molecule has 0 aliphatic carbocycles. The van der Waals surface area contributed by atoms with Crippen LogP contribution in [0.3, 0.4) is 0 Å². The fourth-order valence-corrected chi connectivity index (χ4v) is 2.13. The van der Waals surface area contributed by atoms with Gasteiger partial charge in [0.2, 0.25) is 5.75 Å². The van der Waals surface area contributed by atoms with E-state index < -0.39 is 0 Å². The summed E-state index contributed by atoms with van der Waals surface area (Å²) in [6.45, 7) is 6.40. The third kappa shape index (κ3) is 6.26. The van der Waals surface area contributed by atoms with Gasteiger partial charge >= 0.3 is 0 Å². The van der Waals surface area contributed by atoms with E-state index in [1.54, 1.807) is 12.1 Å². The number of hydrogen-bond acceptors (Lipinski definition) is 4. The number of phenols is 1. The van der Waals surface area contributed by atoms with Gasteiger partial charge in [-0.05, 0) is 31.0 Å². The number of phenolic OH excluding ortho intramolecular Hbond substituents is 1. The second kappa shape index (κ2) is 10.6. The van der Waals surface area contributed by atoms with Crippen LogP contribution in [0.4, 0.5) is 0 Å². The molecule has 0 amide bonds. The lowest BCUT2D eigenvalue weighted by molar-refractivity contribution is 0.339. The number of rotatable bonds is 9. The molecule has 0 saturated carbocycles. The lowest BCUT2D eigenvalue weighted by atomic mass is 10.2. The van der Waals surface area contributed by atoms with Crippen molar-refractivity contribution in [3.05, 3.63) is 17.7 Å². The van der Waals surface area contributed by atoms with E-state index in [1.165, 1.54) is 27.1 Å². The second-order valence-corrected chi connectivity index (χ2v) is 5.18. The van der Waals surface area contributed by atoms with Crippen LogP contribution >= 0.6 is 0 Å². The van der Waals surface area contributed by atoms with E-state index in [9.17, 15) is 5.11 Å². The molecule has 0 aromatic heterocycles. The molecule has 0 spiro atoms. The molecule has 0 bridgehead atoms. The number of ether oxygens (including phenoxy) is 2. The van der Waals surface area contributed by atoms with E-state index in [0.29, 0.717) is 18.0 Å². The van der Waals surface area contributed by atoms with Crippen molar-refractivity contribution in [3.8, 4) is 17.2 Å². The quantitative estimate of drug-likeness (QED) is 0.370.